The highest BCUT2D eigenvalue weighted by atomic mass is 35.5. The Morgan fingerprint density at radius 3 is 2.69 bits per heavy atom. The molecular formula is C26H30ClN7O2. The van der Waals surface area contributed by atoms with E-state index in [0.717, 1.165) is 54.3 Å². The summed E-state index contributed by atoms with van der Waals surface area (Å²) in [5.41, 5.74) is 3.86. The zero-order valence-corrected chi connectivity index (χ0v) is 21.3. The minimum atomic E-state index is -0.482. The van der Waals surface area contributed by atoms with Crippen LogP contribution in [-0.4, -0.2) is 67.0 Å². The maximum absolute atomic E-state index is 13.3. The Hall–Kier alpha value is -3.30. The van der Waals surface area contributed by atoms with E-state index in [9.17, 15) is 9.59 Å². The SMILES string of the molecule is Cc1cc(-c2ncn[nH]2)cc(NC(=O)C2CCC(=O)N2C2CCN(Cc3ccc(Cl)c(C)c3)CC2)n1. The molecule has 3 aromatic rings. The molecule has 0 spiro atoms. The first-order chi connectivity index (χ1) is 17.4. The van der Waals surface area contributed by atoms with Gasteiger partial charge in [0.2, 0.25) is 11.8 Å². The number of pyridine rings is 1. The van der Waals surface area contributed by atoms with Crippen molar-refractivity contribution in [3.05, 3.63) is 58.5 Å². The normalized spacial score (nSPS) is 19.1. The van der Waals surface area contributed by atoms with Crippen molar-refractivity contribution in [1.29, 1.82) is 0 Å². The number of aromatic amines is 1. The first-order valence-corrected chi connectivity index (χ1v) is 12.7. The van der Waals surface area contributed by atoms with Gasteiger partial charge in [-0.2, -0.15) is 5.10 Å². The fraction of sp³-hybridized carbons (Fsp3) is 0.423. The molecule has 1 unspecified atom stereocenters. The minimum absolute atomic E-state index is 0.0569. The van der Waals surface area contributed by atoms with E-state index in [1.54, 1.807) is 6.07 Å². The number of aromatic nitrogens is 4. The van der Waals surface area contributed by atoms with Crippen LogP contribution in [0.15, 0.2) is 36.7 Å². The summed E-state index contributed by atoms with van der Waals surface area (Å²) in [5, 5.41) is 10.4. The molecule has 188 valence electrons. The average Bonchev–Trinajstić information content (AvgIpc) is 3.52. The van der Waals surface area contributed by atoms with Crippen LogP contribution in [0, 0.1) is 13.8 Å². The van der Waals surface area contributed by atoms with Crippen molar-refractivity contribution >= 4 is 29.2 Å². The van der Waals surface area contributed by atoms with Crippen LogP contribution < -0.4 is 5.32 Å². The fourth-order valence-corrected chi connectivity index (χ4v) is 5.38. The third kappa shape index (κ3) is 5.27. The largest absolute Gasteiger partial charge is 0.328 e. The maximum atomic E-state index is 13.3. The first kappa shape index (κ1) is 24.4. The number of amides is 2. The van der Waals surface area contributed by atoms with Gasteiger partial charge >= 0.3 is 0 Å². The van der Waals surface area contributed by atoms with E-state index in [1.165, 1.54) is 11.9 Å². The van der Waals surface area contributed by atoms with Crippen LogP contribution in [0.3, 0.4) is 0 Å². The third-order valence-corrected chi connectivity index (χ3v) is 7.45. The number of hydrogen-bond donors (Lipinski definition) is 2. The van der Waals surface area contributed by atoms with Crippen molar-refractivity contribution in [3.63, 3.8) is 0 Å². The Balaban J connectivity index is 1.22. The molecule has 2 amide bonds. The number of anilines is 1. The number of carbonyl (C=O) groups is 2. The van der Waals surface area contributed by atoms with Crippen molar-refractivity contribution in [2.24, 2.45) is 0 Å². The van der Waals surface area contributed by atoms with Gasteiger partial charge in [0.15, 0.2) is 5.82 Å². The summed E-state index contributed by atoms with van der Waals surface area (Å²) in [5.74, 6) is 0.913. The van der Waals surface area contributed by atoms with Crippen molar-refractivity contribution < 1.29 is 9.59 Å². The second-order valence-corrected chi connectivity index (χ2v) is 10.1. The smallest absolute Gasteiger partial charge is 0.248 e. The van der Waals surface area contributed by atoms with Crippen LogP contribution >= 0.6 is 11.6 Å². The third-order valence-electron chi connectivity index (χ3n) is 7.03. The highest BCUT2D eigenvalue weighted by molar-refractivity contribution is 6.31. The molecule has 5 rings (SSSR count). The number of rotatable bonds is 6. The molecule has 2 aromatic heterocycles. The van der Waals surface area contributed by atoms with Gasteiger partial charge in [0, 0.05) is 48.4 Å². The van der Waals surface area contributed by atoms with E-state index in [0.29, 0.717) is 24.5 Å². The van der Waals surface area contributed by atoms with E-state index >= 15 is 0 Å². The summed E-state index contributed by atoms with van der Waals surface area (Å²) in [6.45, 7) is 6.49. The van der Waals surface area contributed by atoms with Gasteiger partial charge in [-0.1, -0.05) is 23.7 Å². The molecule has 4 heterocycles. The molecule has 1 atom stereocenters. The Labute approximate surface area is 215 Å². The molecule has 36 heavy (non-hydrogen) atoms. The van der Waals surface area contributed by atoms with Gasteiger partial charge in [-0.05, 0) is 62.4 Å². The topological polar surface area (TPSA) is 107 Å². The quantitative estimate of drug-likeness (QED) is 0.526. The van der Waals surface area contributed by atoms with Gasteiger partial charge in [-0.3, -0.25) is 19.6 Å². The average molecular weight is 508 g/mol. The zero-order valence-electron chi connectivity index (χ0n) is 20.5. The summed E-state index contributed by atoms with van der Waals surface area (Å²) < 4.78 is 0. The molecule has 2 aliphatic rings. The van der Waals surface area contributed by atoms with Gasteiger partial charge in [-0.25, -0.2) is 9.97 Å². The Kier molecular flexibility index (Phi) is 7.02. The molecule has 0 saturated carbocycles. The number of benzene rings is 1. The van der Waals surface area contributed by atoms with Crippen molar-refractivity contribution in [2.45, 2.75) is 58.2 Å². The number of hydrogen-bond acceptors (Lipinski definition) is 6. The van der Waals surface area contributed by atoms with Crippen LogP contribution in [0.1, 0.15) is 42.5 Å². The van der Waals surface area contributed by atoms with Gasteiger partial charge in [-0.15, -0.1) is 0 Å². The van der Waals surface area contributed by atoms with E-state index in [2.05, 4.69) is 42.5 Å². The lowest BCUT2D eigenvalue weighted by Crippen LogP contribution is -2.51. The Bertz CT molecular complexity index is 1260. The Morgan fingerprint density at radius 2 is 1.97 bits per heavy atom. The number of likely N-dealkylation sites (tertiary alicyclic amines) is 2. The fourth-order valence-electron chi connectivity index (χ4n) is 5.26. The molecular weight excluding hydrogens is 478 g/mol. The number of nitrogens with one attached hydrogen (secondary N) is 2. The summed E-state index contributed by atoms with van der Waals surface area (Å²) >= 11 is 6.16. The summed E-state index contributed by atoms with van der Waals surface area (Å²) in [6.07, 6.45) is 4.05. The summed E-state index contributed by atoms with van der Waals surface area (Å²) in [4.78, 5) is 39.0. The molecule has 9 nitrogen and oxygen atoms in total. The number of halogens is 1. The number of piperidine rings is 1. The number of carbonyl (C=O) groups excluding carboxylic acids is 2. The molecule has 2 N–H and O–H groups in total. The first-order valence-electron chi connectivity index (χ1n) is 12.3. The highest BCUT2D eigenvalue weighted by Crippen LogP contribution is 2.29. The second kappa shape index (κ2) is 10.4. The zero-order chi connectivity index (χ0) is 25.2. The number of H-pyrrole nitrogens is 1. The van der Waals surface area contributed by atoms with E-state index in [4.69, 9.17) is 11.6 Å². The monoisotopic (exact) mass is 507 g/mol. The van der Waals surface area contributed by atoms with Gasteiger partial charge in [0.1, 0.15) is 18.2 Å². The van der Waals surface area contributed by atoms with E-state index in [1.807, 2.05) is 30.9 Å². The molecule has 2 fully saturated rings. The molecule has 2 saturated heterocycles. The molecule has 2 aliphatic heterocycles. The molecule has 0 radical (unpaired) electrons. The van der Waals surface area contributed by atoms with Crippen LogP contribution in [-0.2, 0) is 16.1 Å². The number of aryl methyl sites for hydroxylation is 2. The summed E-state index contributed by atoms with van der Waals surface area (Å²) in [7, 11) is 0. The number of nitrogens with zero attached hydrogens (tertiary/aromatic N) is 5. The van der Waals surface area contributed by atoms with Gasteiger partial charge in [0.05, 0.1) is 0 Å². The van der Waals surface area contributed by atoms with Crippen molar-refractivity contribution in [2.75, 3.05) is 18.4 Å². The van der Waals surface area contributed by atoms with E-state index in [-0.39, 0.29) is 17.9 Å². The van der Waals surface area contributed by atoms with Gasteiger partial charge in [0.25, 0.3) is 0 Å². The Morgan fingerprint density at radius 1 is 1.17 bits per heavy atom. The lowest BCUT2D eigenvalue weighted by molar-refractivity contribution is -0.136. The molecule has 0 bridgehead atoms. The summed E-state index contributed by atoms with van der Waals surface area (Å²) in [6, 6.07) is 9.37. The minimum Gasteiger partial charge on any atom is -0.328 e. The predicted octanol–water partition coefficient (Wildman–Crippen LogP) is 3.73. The lowest BCUT2D eigenvalue weighted by Gasteiger charge is -2.39. The van der Waals surface area contributed by atoms with Crippen molar-refractivity contribution in [3.8, 4) is 11.4 Å². The second-order valence-electron chi connectivity index (χ2n) is 9.65. The molecule has 1 aromatic carbocycles. The van der Waals surface area contributed by atoms with Crippen molar-refractivity contribution in [1.82, 2.24) is 30.0 Å². The van der Waals surface area contributed by atoms with Crippen LogP contribution in [0.2, 0.25) is 5.02 Å². The highest BCUT2D eigenvalue weighted by Gasteiger charge is 2.41. The van der Waals surface area contributed by atoms with Gasteiger partial charge < -0.3 is 10.2 Å². The standard InChI is InChI=1S/C26H30ClN7O2/c1-16-11-18(3-4-21(16)27)14-33-9-7-20(8-10-33)34-22(5-6-24(34)35)26(36)31-23-13-19(12-17(2)30-23)25-28-15-29-32-25/h3-4,11-13,15,20,22H,5-10,14H2,1-2H3,(H,28,29,32)(H,30,31,36). The molecule has 10 heteroatoms. The van der Waals surface area contributed by atoms with Crippen LogP contribution in [0.25, 0.3) is 11.4 Å². The lowest BCUT2D eigenvalue weighted by atomic mass is 10.0. The van der Waals surface area contributed by atoms with Crippen LogP contribution in [0.4, 0.5) is 5.82 Å². The maximum Gasteiger partial charge on any atom is 0.248 e. The predicted molar refractivity (Wildman–Crippen MR) is 137 cm³/mol. The van der Waals surface area contributed by atoms with E-state index < -0.39 is 6.04 Å². The van der Waals surface area contributed by atoms with Crippen LogP contribution in [0.5, 0.6) is 0 Å². The molecule has 0 aliphatic carbocycles.